The Kier molecular flexibility index (Phi) is 4.21. The van der Waals surface area contributed by atoms with Crippen LogP contribution in [0.2, 0.25) is 0 Å². The average molecular weight is 296 g/mol. The molecule has 22 heavy (non-hydrogen) atoms. The summed E-state index contributed by atoms with van der Waals surface area (Å²) < 4.78 is 10.7. The summed E-state index contributed by atoms with van der Waals surface area (Å²) in [6.45, 7) is 1.31. The standard InChI is InChI=1S/C18H16O4/c19-18(20)10-17(13-4-2-1-3-5-13)14-6-8-15(9-7-14)21-11-16-12-22-16/h1-10,16H,11-12H2,(H,19,20)/b17-10-. The quantitative estimate of drug-likeness (QED) is 0.657. The van der Waals surface area contributed by atoms with Crippen LogP contribution >= 0.6 is 0 Å². The largest absolute Gasteiger partial charge is 0.491 e. The monoisotopic (exact) mass is 296 g/mol. The number of hydrogen-bond donors (Lipinski definition) is 1. The van der Waals surface area contributed by atoms with Gasteiger partial charge in [0.25, 0.3) is 0 Å². The molecule has 0 aliphatic carbocycles. The van der Waals surface area contributed by atoms with Gasteiger partial charge in [-0.1, -0.05) is 42.5 Å². The van der Waals surface area contributed by atoms with Crippen molar-refractivity contribution in [2.45, 2.75) is 6.10 Å². The van der Waals surface area contributed by atoms with E-state index in [-0.39, 0.29) is 6.10 Å². The molecule has 1 atom stereocenters. The van der Waals surface area contributed by atoms with Gasteiger partial charge in [0.1, 0.15) is 18.5 Å². The van der Waals surface area contributed by atoms with Crippen LogP contribution in [0.25, 0.3) is 5.57 Å². The van der Waals surface area contributed by atoms with Crippen molar-refractivity contribution in [3.63, 3.8) is 0 Å². The molecule has 0 aromatic heterocycles. The smallest absolute Gasteiger partial charge is 0.328 e. The fourth-order valence-corrected chi connectivity index (χ4v) is 2.16. The SMILES string of the molecule is O=C(O)/C=C(/c1ccccc1)c1ccc(OCC2CO2)cc1. The third-order valence-corrected chi connectivity index (χ3v) is 3.36. The van der Waals surface area contributed by atoms with Crippen LogP contribution in [0.5, 0.6) is 5.75 Å². The van der Waals surface area contributed by atoms with Crippen molar-refractivity contribution in [1.82, 2.24) is 0 Å². The van der Waals surface area contributed by atoms with Gasteiger partial charge in [0, 0.05) is 6.08 Å². The van der Waals surface area contributed by atoms with Gasteiger partial charge >= 0.3 is 5.97 Å². The van der Waals surface area contributed by atoms with E-state index >= 15 is 0 Å². The van der Waals surface area contributed by atoms with Gasteiger partial charge in [0.05, 0.1) is 6.61 Å². The first-order valence-electron chi connectivity index (χ1n) is 7.07. The number of rotatable bonds is 6. The van der Waals surface area contributed by atoms with Crippen molar-refractivity contribution in [3.05, 3.63) is 71.8 Å². The van der Waals surface area contributed by atoms with Crippen molar-refractivity contribution in [2.75, 3.05) is 13.2 Å². The summed E-state index contributed by atoms with van der Waals surface area (Å²) in [4.78, 5) is 11.1. The molecule has 0 amide bonds. The Morgan fingerprint density at radius 1 is 1.14 bits per heavy atom. The Bertz CT molecular complexity index is 670. The molecule has 2 aromatic carbocycles. The van der Waals surface area contributed by atoms with E-state index in [1.165, 1.54) is 6.08 Å². The van der Waals surface area contributed by atoms with Crippen molar-refractivity contribution in [2.24, 2.45) is 0 Å². The second-order valence-corrected chi connectivity index (χ2v) is 5.05. The number of ether oxygens (including phenoxy) is 2. The second kappa shape index (κ2) is 6.45. The van der Waals surface area contributed by atoms with Crippen LogP contribution in [-0.2, 0) is 9.53 Å². The van der Waals surface area contributed by atoms with Gasteiger partial charge in [-0.05, 0) is 28.8 Å². The van der Waals surface area contributed by atoms with Gasteiger partial charge in [-0.2, -0.15) is 0 Å². The minimum absolute atomic E-state index is 0.214. The molecule has 3 rings (SSSR count). The predicted molar refractivity (Wildman–Crippen MR) is 82.8 cm³/mol. The number of carboxylic acids is 1. The summed E-state index contributed by atoms with van der Waals surface area (Å²) in [5.41, 5.74) is 2.37. The summed E-state index contributed by atoms with van der Waals surface area (Å²) in [6.07, 6.45) is 1.44. The Balaban J connectivity index is 1.83. The Hall–Kier alpha value is -2.59. The molecule has 1 fully saturated rings. The molecule has 4 nitrogen and oxygen atoms in total. The van der Waals surface area contributed by atoms with Crippen LogP contribution in [-0.4, -0.2) is 30.4 Å². The first kappa shape index (κ1) is 14.4. The molecule has 112 valence electrons. The van der Waals surface area contributed by atoms with E-state index in [9.17, 15) is 4.79 Å². The zero-order valence-corrected chi connectivity index (χ0v) is 11.9. The van der Waals surface area contributed by atoms with E-state index in [0.717, 1.165) is 23.5 Å². The van der Waals surface area contributed by atoms with E-state index in [1.807, 2.05) is 54.6 Å². The average Bonchev–Trinajstić information content (AvgIpc) is 3.36. The van der Waals surface area contributed by atoms with Crippen molar-refractivity contribution in [1.29, 1.82) is 0 Å². The van der Waals surface area contributed by atoms with Gasteiger partial charge in [-0.15, -0.1) is 0 Å². The Labute approximate surface area is 128 Å². The molecule has 1 N–H and O–H groups in total. The highest BCUT2D eigenvalue weighted by Gasteiger charge is 2.23. The van der Waals surface area contributed by atoms with E-state index in [2.05, 4.69) is 0 Å². The van der Waals surface area contributed by atoms with Crippen LogP contribution < -0.4 is 4.74 Å². The molecule has 0 spiro atoms. The summed E-state index contributed by atoms with van der Waals surface area (Å²) in [6, 6.07) is 16.9. The van der Waals surface area contributed by atoms with E-state index in [4.69, 9.17) is 14.6 Å². The second-order valence-electron chi connectivity index (χ2n) is 5.05. The molecule has 1 aliphatic rings. The number of benzene rings is 2. The van der Waals surface area contributed by atoms with Gasteiger partial charge in [-0.25, -0.2) is 4.79 Å². The summed E-state index contributed by atoms with van der Waals surface area (Å²) in [5.74, 6) is -0.216. The molecule has 1 saturated heterocycles. The Morgan fingerprint density at radius 2 is 1.77 bits per heavy atom. The third kappa shape index (κ3) is 3.74. The summed E-state index contributed by atoms with van der Waals surface area (Å²) >= 11 is 0. The lowest BCUT2D eigenvalue weighted by Gasteiger charge is -2.09. The van der Waals surface area contributed by atoms with Gasteiger partial charge in [0.15, 0.2) is 0 Å². The van der Waals surface area contributed by atoms with E-state index in [0.29, 0.717) is 12.2 Å². The maximum atomic E-state index is 11.1. The highest BCUT2D eigenvalue weighted by molar-refractivity contribution is 5.95. The van der Waals surface area contributed by atoms with Crippen LogP contribution in [0.4, 0.5) is 0 Å². The van der Waals surface area contributed by atoms with Crippen molar-refractivity contribution in [3.8, 4) is 5.75 Å². The highest BCUT2D eigenvalue weighted by Crippen LogP contribution is 2.25. The van der Waals surface area contributed by atoms with Gasteiger partial charge in [0.2, 0.25) is 0 Å². The highest BCUT2D eigenvalue weighted by atomic mass is 16.6. The molecule has 1 aliphatic heterocycles. The van der Waals surface area contributed by atoms with Crippen molar-refractivity contribution < 1.29 is 19.4 Å². The lowest BCUT2D eigenvalue weighted by atomic mass is 9.97. The number of carbonyl (C=O) groups is 1. The maximum absolute atomic E-state index is 11.1. The minimum Gasteiger partial charge on any atom is -0.491 e. The first-order valence-corrected chi connectivity index (χ1v) is 7.07. The number of epoxide rings is 1. The van der Waals surface area contributed by atoms with Crippen molar-refractivity contribution >= 4 is 11.5 Å². The van der Waals surface area contributed by atoms with Crippen LogP contribution in [0.1, 0.15) is 11.1 Å². The molecular weight excluding hydrogens is 280 g/mol. The normalized spacial score (nSPS) is 17.1. The predicted octanol–water partition coefficient (Wildman–Crippen LogP) is 2.98. The minimum atomic E-state index is -0.968. The molecule has 0 saturated carbocycles. The Morgan fingerprint density at radius 3 is 2.36 bits per heavy atom. The van der Waals surface area contributed by atoms with Crippen LogP contribution in [0.3, 0.4) is 0 Å². The fraction of sp³-hybridized carbons (Fsp3) is 0.167. The molecule has 0 radical (unpaired) electrons. The van der Waals surface area contributed by atoms with Gasteiger partial charge in [-0.3, -0.25) is 0 Å². The lowest BCUT2D eigenvalue weighted by Crippen LogP contribution is -2.03. The molecule has 1 heterocycles. The van der Waals surface area contributed by atoms with E-state index < -0.39 is 5.97 Å². The molecule has 4 heteroatoms. The number of carboxylic acid groups (broad SMARTS) is 1. The molecule has 1 unspecified atom stereocenters. The number of aliphatic carboxylic acids is 1. The van der Waals surface area contributed by atoms with Crippen LogP contribution in [0, 0.1) is 0 Å². The molecule has 2 aromatic rings. The number of hydrogen-bond acceptors (Lipinski definition) is 3. The summed E-state index contributed by atoms with van der Waals surface area (Å²) in [7, 11) is 0. The molecule has 0 bridgehead atoms. The van der Waals surface area contributed by atoms with Crippen LogP contribution in [0.15, 0.2) is 60.7 Å². The summed E-state index contributed by atoms with van der Waals surface area (Å²) in [5, 5.41) is 9.10. The van der Waals surface area contributed by atoms with E-state index in [1.54, 1.807) is 0 Å². The maximum Gasteiger partial charge on any atom is 0.328 e. The topological polar surface area (TPSA) is 59.1 Å². The zero-order chi connectivity index (χ0) is 15.4. The lowest BCUT2D eigenvalue weighted by molar-refractivity contribution is -0.131. The third-order valence-electron chi connectivity index (χ3n) is 3.36. The zero-order valence-electron chi connectivity index (χ0n) is 11.9. The van der Waals surface area contributed by atoms with Gasteiger partial charge < -0.3 is 14.6 Å². The molecular formula is C18H16O4. The fourth-order valence-electron chi connectivity index (χ4n) is 2.16. The first-order chi connectivity index (χ1) is 10.7.